The summed E-state index contributed by atoms with van der Waals surface area (Å²) in [6, 6.07) is 31.3. The van der Waals surface area contributed by atoms with E-state index in [-0.39, 0.29) is 0 Å². The zero-order valence-corrected chi connectivity index (χ0v) is 14.7. The molecule has 0 aliphatic heterocycles. The van der Waals surface area contributed by atoms with Crippen molar-refractivity contribution in [2.24, 2.45) is 0 Å². The molecule has 0 bridgehead atoms. The smallest absolute Gasteiger partial charge is 0.252 e. The minimum atomic E-state index is -2.69. The maximum absolute atomic E-state index is 11.6. The van der Waals surface area contributed by atoms with Gasteiger partial charge in [0, 0.05) is 0 Å². The van der Waals surface area contributed by atoms with Crippen LogP contribution in [0.25, 0.3) is 6.08 Å². The lowest BCUT2D eigenvalue weighted by Gasteiger charge is -2.26. The lowest BCUT2D eigenvalue weighted by atomic mass is 10.2. The lowest BCUT2D eigenvalue weighted by molar-refractivity contribution is 0.564. The van der Waals surface area contributed by atoms with Crippen molar-refractivity contribution in [2.45, 2.75) is 12.5 Å². The number of hydrogen-bond acceptors (Lipinski definition) is 1. The van der Waals surface area contributed by atoms with Crippen molar-refractivity contribution in [3.63, 3.8) is 0 Å². The van der Waals surface area contributed by atoms with E-state index < -0.39 is 8.32 Å². The molecule has 1 N–H and O–H groups in total. The molecule has 0 fully saturated rings. The van der Waals surface area contributed by atoms with Crippen molar-refractivity contribution in [1.82, 2.24) is 0 Å². The van der Waals surface area contributed by atoms with Crippen LogP contribution in [0.3, 0.4) is 0 Å². The molecule has 0 saturated carbocycles. The van der Waals surface area contributed by atoms with Gasteiger partial charge in [-0.25, -0.2) is 0 Å². The van der Waals surface area contributed by atoms with E-state index in [1.807, 2.05) is 54.6 Å². The molecule has 3 aromatic carbocycles. The van der Waals surface area contributed by atoms with Crippen LogP contribution in [0.2, 0.25) is 6.04 Å². The third-order valence-electron chi connectivity index (χ3n) is 4.29. The first-order valence-corrected chi connectivity index (χ1v) is 10.5. The van der Waals surface area contributed by atoms with Crippen molar-refractivity contribution in [3.8, 4) is 0 Å². The van der Waals surface area contributed by atoms with Crippen LogP contribution < -0.4 is 10.4 Å². The fraction of sp³-hybridized carbons (Fsp3) is 0.0909. The van der Waals surface area contributed by atoms with Gasteiger partial charge in [-0.15, -0.1) is 0 Å². The van der Waals surface area contributed by atoms with E-state index in [0.29, 0.717) is 0 Å². The highest BCUT2D eigenvalue weighted by Gasteiger charge is 2.34. The van der Waals surface area contributed by atoms with Crippen molar-refractivity contribution < 1.29 is 4.80 Å². The first kappa shape index (κ1) is 16.4. The fourth-order valence-corrected chi connectivity index (χ4v) is 5.94. The Morgan fingerprint density at radius 1 is 0.667 bits per heavy atom. The molecule has 2 heteroatoms. The van der Waals surface area contributed by atoms with Gasteiger partial charge in [0.25, 0.3) is 8.32 Å². The van der Waals surface area contributed by atoms with Gasteiger partial charge in [0.15, 0.2) is 0 Å². The van der Waals surface area contributed by atoms with Crippen LogP contribution in [0.5, 0.6) is 0 Å². The highest BCUT2D eigenvalue weighted by molar-refractivity contribution is 6.96. The molecule has 0 amide bonds. The zero-order valence-electron chi connectivity index (χ0n) is 13.7. The second-order valence-electron chi connectivity index (χ2n) is 5.94. The maximum atomic E-state index is 11.6. The number of hydrogen-bond donors (Lipinski definition) is 1. The van der Waals surface area contributed by atoms with Gasteiger partial charge >= 0.3 is 0 Å². The van der Waals surface area contributed by atoms with E-state index in [1.165, 1.54) is 5.56 Å². The number of rotatable bonds is 6. The molecule has 0 saturated heterocycles. The molecule has 0 atom stereocenters. The molecular formula is C22H22OSi. The average Bonchev–Trinajstić information content (AvgIpc) is 2.67. The van der Waals surface area contributed by atoms with E-state index in [1.54, 1.807) is 0 Å². The van der Waals surface area contributed by atoms with E-state index in [9.17, 15) is 4.80 Å². The topological polar surface area (TPSA) is 20.2 Å². The molecule has 3 rings (SSSR count). The van der Waals surface area contributed by atoms with Gasteiger partial charge in [0.05, 0.1) is 0 Å². The van der Waals surface area contributed by atoms with Crippen LogP contribution in [-0.2, 0) is 0 Å². The second-order valence-corrected chi connectivity index (χ2v) is 9.32. The standard InChI is InChI=1S/C22H22OSi/c23-24(21-15-6-2-7-16-21,22-17-8-3-9-18-22)19-11-10-14-20-12-4-1-5-13-20/h1-10,12-18,23H,11,19H2/b14-10+. The minimum absolute atomic E-state index is 0.782. The Balaban J connectivity index is 1.80. The summed E-state index contributed by atoms with van der Waals surface area (Å²) in [4.78, 5) is 11.6. The van der Waals surface area contributed by atoms with Crippen molar-refractivity contribution in [3.05, 3.63) is 103 Å². The predicted molar refractivity (Wildman–Crippen MR) is 105 cm³/mol. The Morgan fingerprint density at radius 2 is 1.12 bits per heavy atom. The monoisotopic (exact) mass is 330 g/mol. The largest absolute Gasteiger partial charge is 0.424 e. The van der Waals surface area contributed by atoms with Gasteiger partial charge in [-0.1, -0.05) is 103 Å². The normalized spacial score (nSPS) is 11.7. The first-order chi connectivity index (χ1) is 11.8. The molecule has 24 heavy (non-hydrogen) atoms. The zero-order chi connectivity index (χ0) is 16.7. The third-order valence-corrected chi connectivity index (χ3v) is 7.87. The van der Waals surface area contributed by atoms with E-state index in [0.717, 1.165) is 22.8 Å². The summed E-state index contributed by atoms with van der Waals surface area (Å²) in [7, 11) is -2.69. The molecule has 0 aliphatic rings. The average molecular weight is 331 g/mol. The Bertz CT molecular complexity index is 727. The Morgan fingerprint density at radius 3 is 1.62 bits per heavy atom. The summed E-state index contributed by atoms with van der Waals surface area (Å²) in [5, 5.41) is 2.15. The van der Waals surface area contributed by atoms with Gasteiger partial charge in [-0.05, 0) is 28.4 Å². The summed E-state index contributed by atoms with van der Waals surface area (Å²) in [6.45, 7) is 0. The molecule has 0 aromatic heterocycles. The lowest BCUT2D eigenvalue weighted by Crippen LogP contribution is -2.58. The van der Waals surface area contributed by atoms with Gasteiger partial charge in [-0.2, -0.15) is 0 Å². The van der Waals surface area contributed by atoms with Crippen LogP contribution in [0, 0.1) is 0 Å². The van der Waals surface area contributed by atoms with Gasteiger partial charge < -0.3 is 4.80 Å². The summed E-state index contributed by atoms with van der Waals surface area (Å²) in [5.74, 6) is 0. The van der Waals surface area contributed by atoms with Gasteiger partial charge in [0.2, 0.25) is 0 Å². The quantitative estimate of drug-likeness (QED) is 0.681. The molecule has 0 unspecified atom stereocenters. The van der Waals surface area contributed by atoms with E-state index >= 15 is 0 Å². The van der Waals surface area contributed by atoms with Gasteiger partial charge in [0.1, 0.15) is 0 Å². The third kappa shape index (κ3) is 3.91. The van der Waals surface area contributed by atoms with Crippen molar-refractivity contribution in [1.29, 1.82) is 0 Å². The second kappa shape index (κ2) is 7.91. The Hall–Kier alpha value is -2.42. The molecule has 0 radical (unpaired) electrons. The number of benzene rings is 3. The van der Waals surface area contributed by atoms with Crippen molar-refractivity contribution in [2.75, 3.05) is 0 Å². The van der Waals surface area contributed by atoms with Crippen molar-refractivity contribution >= 4 is 24.8 Å². The SMILES string of the molecule is O[Si](CC/C=C/c1ccccc1)(c1ccccc1)c1ccccc1. The molecule has 0 spiro atoms. The Kier molecular flexibility index (Phi) is 5.42. The molecule has 0 aliphatic carbocycles. The molecule has 0 heterocycles. The van der Waals surface area contributed by atoms with E-state index in [4.69, 9.17) is 0 Å². The minimum Gasteiger partial charge on any atom is -0.424 e. The molecule has 120 valence electrons. The summed E-state index contributed by atoms with van der Waals surface area (Å²) >= 11 is 0. The maximum Gasteiger partial charge on any atom is 0.252 e. The molecular weight excluding hydrogens is 308 g/mol. The molecule has 1 nitrogen and oxygen atoms in total. The number of allylic oxidation sites excluding steroid dienone is 1. The van der Waals surface area contributed by atoms with Crippen LogP contribution in [0.1, 0.15) is 12.0 Å². The fourth-order valence-electron chi connectivity index (χ4n) is 2.96. The first-order valence-electron chi connectivity index (χ1n) is 8.34. The van der Waals surface area contributed by atoms with E-state index in [2.05, 4.69) is 48.6 Å². The van der Waals surface area contributed by atoms with Crippen LogP contribution in [-0.4, -0.2) is 13.1 Å². The predicted octanol–water partition coefficient (Wildman–Crippen LogP) is 3.84. The van der Waals surface area contributed by atoms with Crippen LogP contribution >= 0.6 is 0 Å². The van der Waals surface area contributed by atoms with Crippen LogP contribution in [0.15, 0.2) is 97.1 Å². The molecule has 3 aromatic rings. The Labute approximate surface area is 145 Å². The van der Waals surface area contributed by atoms with Gasteiger partial charge in [-0.3, -0.25) is 0 Å². The van der Waals surface area contributed by atoms with Crippen LogP contribution in [0.4, 0.5) is 0 Å². The summed E-state index contributed by atoms with van der Waals surface area (Å²) < 4.78 is 0. The summed E-state index contributed by atoms with van der Waals surface area (Å²) in [6.07, 6.45) is 5.16. The highest BCUT2D eigenvalue weighted by atomic mass is 28.4. The highest BCUT2D eigenvalue weighted by Crippen LogP contribution is 2.13. The summed E-state index contributed by atoms with van der Waals surface area (Å²) in [5.41, 5.74) is 1.20.